The van der Waals surface area contributed by atoms with Gasteiger partial charge in [-0.2, -0.15) is 0 Å². The van der Waals surface area contributed by atoms with Crippen molar-refractivity contribution in [1.82, 2.24) is 5.32 Å². The first-order chi connectivity index (χ1) is 42.0. The number of aliphatic hydroxyl groups is 1. The van der Waals surface area contributed by atoms with E-state index < -0.39 is 20.0 Å². The number of nitrogens with one attached hydrogen (secondary N) is 1. The Hall–Kier alpha value is -1.02. The molecule has 0 heterocycles. The molecule has 0 aliphatic rings. The highest BCUT2D eigenvalue weighted by Crippen LogP contribution is 2.43. The Bertz CT molecular complexity index is 1450. The number of quaternary nitrogens is 1. The molecule has 0 saturated heterocycles. The van der Waals surface area contributed by atoms with Crippen molar-refractivity contribution in [2.75, 3.05) is 40.9 Å². The van der Waals surface area contributed by atoms with E-state index in [0.717, 1.165) is 38.5 Å². The summed E-state index contributed by atoms with van der Waals surface area (Å²) >= 11 is 0. The SMILES string of the molecule is CCCCCCCCCCCCCCCCCCCCCCCC/C=C/CC/C=C/C(O)C(COP(=O)(O)OCC[N+](C)(C)C)NC(=O)CCCCCCCCCCCCCCCCCCCCCCCCCCCCCCCCCCCCCC. The van der Waals surface area contributed by atoms with Gasteiger partial charge in [0.05, 0.1) is 39.9 Å². The van der Waals surface area contributed by atoms with Gasteiger partial charge in [0, 0.05) is 6.42 Å². The number of allylic oxidation sites excluding steroid dienone is 3. The Morgan fingerprint density at radius 2 is 0.640 bits per heavy atom. The van der Waals surface area contributed by atoms with E-state index in [1.54, 1.807) is 6.08 Å². The lowest BCUT2D eigenvalue weighted by atomic mass is 10.0. The minimum atomic E-state index is -4.36. The van der Waals surface area contributed by atoms with Gasteiger partial charge in [0.1, 0.15) is 13.2 Å². The van der Waals surface area contributed by atoms with E-state index in [4.69, 9.17) is 9.05 Å². The maximum absolute atomic E-state index is 13.1. The van der Waals surface area contributed by atoms with Crippen LogP contribution in [0.3, 0.4) is 0 Å². The highest BCUT2D eigenvalue weighted by Gasteiger charge is 2.28. The van der Waals surface area contributed by atoms with Crippen LogP contribution >= 0.6 is 7.82 Å². The molecule has 0 saturated carbocycles. The van der Waals surface area contributed by atoms with Crippen LogP contribution < -0.4 is 5.32 Å². The molecule has 0 aromatic rings. The fraction of sp³-hybridized carbons (Fsp3) is 0.935. The van der Waals surface area contributed by atoms with Crippen LogP contribution in [-0.2, 0) is 18.4 Å². The van der Waals surface area contributed by atoms with Gasteiger partial charge in [-0.1, -0.05) is 398 Å². The minimum absolute atomic E-state index is 0.0592. The maximum atomic E-state index is 13.1. The number of likely N-dealkylation sites (N-methyl/N-ethyl adjacent to an activating group) is 1. The number of carbonyl (C=O) groups excluding carboxylic acids is 1. The van der Waals surface area contributed by atoms with Gasteiger partial charge in [0.15, 0.2) is 0 Å². The van der Waals surface area contributed by atoms with Gasteiger partial charge in [-0.05, 0) is 32.1 Å². The average Bonchev–Trinajstić information content (AvgIpc) is 3.70. The summed E-state index contributed by atoms with van der Waals surface area (Å²) in [6.45, 7) is 4.87. The second-order valence-electron chi connectivity index (χ2n) is 28.1. The average molecular weight is 1240 g/mol. The number of phosphoric ester groups is 1. The van der Waals surface area contributed by atoms with Crippen LogP contribution in [0.5, 0.6) is 0 Å². The number of amides is 1. The summed E-state index contributed by atoms with van der Waals surface area (Å²) in [7, 11) is 1.58. The largest absolute Gasteiger partial charge is 0.472 e. The van der Waals surface area contributed by atoms with Crippen molar-refractivity contribution in [3.8, 4) is 0 Å². The summed E-state index contributed by atoms with van der Waals surface area (Å²) in [5, 5.41) is 14.0. The molecule has 3 atom stereocenters. The number of carbonyl (C=O) groups is 1. The molecule has 0 fully saturated rings. The smallest absolute Gasteiger partial charge is 0.387 e. The van der Waals surface area contributed by atoms with Gasteiger partial charge in [-0.15, -0.1) is 0 Å². The fourth-order valence-corrected chi connectivity index (χ4v) is 12.9. The Kier molecular flexibility index (Phi) is 67.5. The number of hydrogen-bond donors (Lipinski definition) is 3. The highest BCUT2D eigenvalue weighted by molar-refractivity contribution is 7.47. The number of nitrogens with zero attached hydrogens (tertiary/aromatic N) is 1. The zero-order valence-electron chi connectivity index (χ0n) is 58.8. The number of rotatable bonds is 73. The van der Waals surface area contributed by atoms with Crippen molar-refractivity contribution in [3.63, 3.8) is 0 Å². The van der Waals surface area contributed by atoms with Crippen molar-refractivity contribution in [2.45, 2.75) is 424 Å². The molecule has 0 aliphatic heterocycles. The van der Waals surface area contributed by atoms with Gasteiger partial charge in [-0.25, -0.2) is 4.57 Å². The molecular weight excluding hydrogens is 1080 g/mol. The predicted molar refractivity (Wildman–Crippen MR) is 378 cm³/mol. The fourth-order valence-electron chi connectivity index (χ4n) is 12.2. The number of phosphoric acid groups is 1. The molecule has 86 heavy (non-hydrogen) atoms. The van der Waals surface area contributed by atoms with Crippen molar-refractivity contribution in [1.29, 1.82) is 0 Å². The normalized spacial score (nSPS) is 13.6. The van der Waals surface area contributed by atoms with Crippen molar-refractivity contribution in [2.24, 2.45) is 0 Å². The van der Waals surface area contributed by atoms with Gasteiger partial charge < -0.3 is 19.8 Å². The molecule has 8 nitrogen and oxygen atoms in total. The van der Waals surface area contributed by atoms with E-state index in [-0.39, 0.29) is 19.1 Å². The molecule has 0 radical (unpaired) electrons. The number of hydrogen-bond acceptors (Lipinski definition) is 5. The van der Waals surface area contributed by atoms with E-state index >= 15 is 0 Å². The molecule has 0 aliphatic carbocycles. The zero-order valence-corrected chi connectivity index (χ0v) is 59.7. The minimum Gasteiger partial charge on any atom is -0.387 e. The molecule has 0 rings (SSSR count). The summed E-state index contributed by atoms with van der Waals surface area (Å²) in [5.74, 6) is -0.177. The van der Waals surface area contributed by atoms with E-state index in [1.807, 2.05) is 27.2 Å². The lowest BCUT2D eigenvalue weighted by Crippen LogP contribution is -2.45. The molecular formula is C77H154N2O6P+. The molecule has 0 aromatic heterocycles. The lowest BCUT2D eigenvalue weighted by molar-refractivity contribution is -0.870. The maximum Gasteiger partial charge on any atom is 0.472 e. The predicted octanol–water partition coefficient (Wildman–Crippen LogP) is 25.0. The summed E-state index contributed by atoms with van der Waals surface area (Å²) < 4.78 is 23.8. The second-order valence-corrected chi connectivity index (χ2v) is 29.5. The number of unbranched alkanes of at least 4 members (excludes halogenated alkanes) is 58. The van der Waals surface area contributed by atoms with Crippen molar-refractivity contribution in [3.05, 3.63) is 24.3 Å². The quantitative estimate of drug-likeness (QED) is 0.0243. The van der Waals surface area contributed by atoms with Crippen molar-refractivity contribution >= 4 is 13.7 Å². The van der Waals surface area contributed by atoms with Crippen LogP contribution in [-0.4, -0.2) is 73.4 Å². The van der Waals surface area contributed by atoms with Crippen LogP contribution in [0, 0.1) is 0 Å². The van der Waals surface area contributed by atoms with Gasteiger partial charge in [-0.3, -0.25) is 13.8 Å². The van der Waals surface area contributed by atoms with E-state index in [0.29, 0.717) is 17.4 Å². The zero-order chi connectivity index (χ0) is 62.6. The van der Waals surface area contributed by atoms with Crippen LogP contribution in [0.1, 0.15) is 412 Å². The first-order valence-corrected chi connectivity index (χ1v) is 40.2. The Morgan fingerprint density at radius 3 is 0.930 bits per heavy atom. The van der Waals surface area contributed by atoms with Crippen LogP contribution in [0.2, 0.25) is 0 Å². The summed E-state index contributed by atoms with van der Waals surface area (Å²) in [6, 6.07) is -0.862. The van der Waals surface area contributed by atoms with Crippen molar-refractivity contribution < 1.29 is 32.9 Å². The van der Waals surface area contributed by atoms with E-state index in [1.165, 1.54) is 353 Å². The standard InChI is InChI=1S/C77H153N2O6P/c1-6-8-10-12-14-16-18-20-22-24-26-28-30-32-34-36-37-38-39-40-41-42-43-45-47-49-51-53-55-57-59-61-63-65-67-69-71-77(81)78-75(74-85-86(82,83)84-73-72-79(3,4)5)76(80)70-68-66-64-62-60-58-56-54-52-50-48-46-44-35-33-31-29-27-25-23-21-19-17-15-13-11-9-7-2/h60,62,68,70,75-76,80H,6-59,61,63-67,69,71-74H2,1-5H3,(H-,78,81,82,83)/p+1/b62-60+,70-68+. The van der Waals surface area contributed by atoms with Crippen LogP contribution in [0.15, 0.2) is 24.3 Å². The molecule has 3 unspecified atom stereocenters. The number of aliphatic hydroxyl groups excluding tert-OH is 1. The highest BCUT2D eigenvalue weighted by atomic mass is 31.2. The molecule has 9 heteroatoms. The third kappa shape index (κ3) is 70.4. The molecule has 0 spiro atoms. The van der Waals surface area contributed by atoms with E-state index in [9.17, 15) is 19.4 Å². The monoisotopic (exact) mass is 1230 g/mol. The topological polar surface area (TPSA) is 105 Å². The Labute approximate surface area is 538 Å². The molecule has 512 valence electrons. The molecule has 3 N–H and O–H groups in total. The lowest BCUT2D eigenvalue weighted by Gasteiger charge is -2.25. The van der Waals surface area contributed by atoms with Gasteiger partial charge >= 0.3 is 7.82 Å². The van der Waals surface area contributed by atoms with Gasteiger partial charge in [0.2, 0.25) is 5.91 Å². The van der Waals surface area contributed by atoms with Crippen LogP contribution in [0.4, 0.5) is 0 Å². The summed E-state index contributed by atoms with van der Waals surface area (Å²) in [4.78, 5) is 23.5. The molecule has 0 bridgehead atoms. The Morgan fingerprint density at radius 1 is 0.384 bits per heavy atom. The van der Waals surface area contributed by atoms with Crippen LogP contribution in [0.25, 0.3) is 0 Å². The first kappa shape index (κ1) is 85.0. The first-order valence-electron chi connectivity index (χ1n) is 38.7. The third-order valence-corrected chi connectivity index (χ3v) is 19.2. The summed E-state index contributed by atoms with van der Waals surface area (Å²) in [5.41, 5.74) is 0. The van der Waals surface area contributed by atoms with E-state index in [2.05, 4.69) is 31.3 Å². The third-order valence-electron chi connectivity index (χ3n) is 18.2. The second kappa shape index (κ2) is 68.3. The summed E-state index contributed by atoms with van der Waals surface area (Å²) in [6.07, 6.45) is 90.9. The molecule has 0 aromatic carbocycles. The van der Waals surface area contributed by atoms with Gasteiger partial charge in [0.25, 0.3) is 0 Å². The Balaban J connectivity index is 3.97. The molecule has 1 amide bonds.